The minimum atomic E-state index is -5.08. The van der Waals surface area contributed by atoms with Crippen molar-refractivity contribution in [3.05, 3.63) is 89.5 Å². The molecule has 1 atom stereocenters. The van der Waals surface area contributed by atoms with Crippen LogP contribution in [-0.4, -0.2) is 41.9 Å². The zero-order valence-electron chi connectivity index (χ0n) is 21.4. The Labute approximate surface area is 228 Å². The van der Waals surface area contributed by atoms with E-state index in [1.807, 2.05) is 66.7 Å². The summed E-state index contributed by atoms with van der Waals surface area (Å²) in [6, 6.07) is 23.9. The highest BCUT2D eigenvalue weighted by Crippen LogP contribution is 2.25. The third kappa shape index (κ3) is 9.77. The van der Waals surface area contributed by atoms with Gasteiger partial charge in [-0.1, -0.05) is 54.6 Å². The van der Waals surface area contributed by atoms with Gasteiger partial charge in [0.05, 0.1) is 18.2 Å². The maximum Gasteiger partial charge on any atom is 0.490 e. The highest BCUT2D eigenvalue weighted by Gasteiger charge is 2.38. The molecule has 0 aromatic heterocycles. The van der Waals surface area contributed by atoms with Crippen LogP contribution in [0.5, 0.6) is 0 Å². The van der Waals surface area contributed by atoms with Crippen molar-refractivity contribution in [3.8, 4) is 17.2 Å². The first-order valence-corrected chi connectivity index (χ1v) is 11.9. The monoisotopic (exact) mass is 556 g/mol. The fourth-order valence-electron chi connectivity index (χ4n) is 3.46. The predicted octanol–water partition coefficient (Wildman–Crippen LogP) is 4.61. The number of carboxylic acids is 1. The highest BCUT2D eigenvalue weighted by molar-refractivity contribution is 5.96. The number of hydrogen-bond acceptors (Lipinski definition) is 7. The van der Waals surface area contributed by atoms with E-state index in [2.05, 4.69) is 16.7 Å². The second-order valence-corrected chi connectivity index (χ2v) is 8.17. The summed E-state index contributed by atoms with van der Waals surface area (Å²) in [6.07, 6.45) is -5.52. The normalized spacial score (nSPS) is 11.2. The van der Waals surface area contributed by atoms with Gasteiger partial charge >= 0.3 is 18.2 Å². The molecule has 0 aliphatic carbocycles. The Kier molecular flexibility index (Phi) is 11.7. The minimum Gasteiger partial charge on any atom is -0.475 e. The number of nitrogens with zero attached hydrogens (tertiary/aromatic N) is 1. The molecule has 0 aliphatic heterocycles. The molecule has 0 radical (unpaired) electrons. The van der Waals surface area contributed by atoms with Crippen molar-refractivity contribution in [1.82, 2.24) is 5.32 Å². The molecule has 2 amide bonds. The Hall–Kier alpha value is -4.89. The maximum atomic E-state index is 12.8. The van der Waals surface area contributed by atoms with Gasteiger partial charge in [0.1, 0.15) is 6.04 Å². The Morgan fingerprint density at radius 3 is 2.23 bits per heavy atom. The number of aliphatic carboxylic acids is 1. The molecule has 0 fully saturated rings. The van der Waals surface area contributed by atoms with E-state index in [-0.39, 0.29) is 6.61 Å². The minimum absolute atomic E-state index is 0.168. The molecular formula is C28H27F3N4O5. The SMILES string of the molecule is CCOC(=O)NC(=O)[C@H](Cc1cccc(CN)c1)Nc1ccc(-c2ccccc2C#N)cc1.O=C(O)C(F)(F)F. The molecule has 12 heteroatoms. The number of rotatable bonds is 8. The number of imide groups is 1. The van der Waals surface area contributed by atoms with Crippen LogP contribution in [0.2, 0.25) is 0 Å². The number of ether oxygens (including phenoxy) is 1. The lowest BCUT2D eigenvalue weighted by Crippen LogP contribution is -2.44. The lowest BCUT2D eigenvalue weighted by molar-refractivity contribution is -0.192. The molecule has 3 aromatic carbocycles. The number of carbonyl (C=O) groups excluding carboxylic acids is 2. The molecule has 0 saturated heterocycles. The molecule has 0 unspecified atom stereocenters. The van der Waals surface area contributed by atoms with Gasteiger partial charge in [-0.05, 0) is 47.4 Å². The summed E-state index contributed by atoms with van der Waals surface area (Å²) in [6.45, 7) is 2.23. The Morgan fingerprint density at radius 1 is 1.02 bits per heavy atom. The zero-order chi connectivity index (χ0) is 29.7. The lowest BCUT2D eigenvalue weighted by atomic mass is 9.99. The molecular weight excluding hydrogens is 529 g/mol. The van der Waals surface area contributed by atoms with Crippen molar-refractivity contribution in [3.63, 3.8) is 0 Å². The molecule has 0 spiro atoms. The van der Waals surface area contributed by atoms with E-state index in [9.17, 15) is 28.0 Å². The lowest BCUT2D eigenvalue weighted by Gasteiger charge is -2.20. The van der Waals surface area contributed by atoms with Crippen LogP contribution in [-0.2, 0) is 27.3 Å². The third-order valence-electron chi connectivity index (χ3n) is 5.31. The predicted molar refractivity (Wildman–Crippen MR) is 141 cm³/mol. The number of amides is 2. The number of nitriles is 1. The van der Waals surface area contributed by atoms with Crippen LogP contribution >= 0.6 is 0 Å². The average molecular weight is 557 g/mol. The third-order valence-corrected chi connectivity index (χ3v) is 5.31. The second-order valence-electron chi connectivity index (χ2n) is 8.17. The fraction of sp³-hybridized carbons (Fsp3) is 0.214. The summed E-state index contributed by atoms with van der Waals surface area (Å²) in [4.78, 5) is 33.5. The molecule has 5 N–H and O–H groups in total. The molecule has 0 heterocycles. The maximum absolute atomic E-state index is 12.8. The zero-order valence-corrected chi connectivity index (χ0v) is 21.4. The molecule has 0 aliphatic rings. The summed E-state index contributed by atoms with van der Waals surface area (Å²) in [7, 11) is 0. The van der Waals surface area contributed by atoms with Gasteiger partial charge in [-0.15, -0.1) is 0 Å². The van der Waals surface area contributed by atoms with Crippen LogP contribution in [0.1, 0.15) is 23.6 Å². The van der Waals surface area contributed by atoms with Crippen molar-refractivity contribution in [2.45, 2.75) is 32.1 Å². The van der Waals surface area contributed by atoms with Crippen LogP contribution in [0.15, 0.2) is 72.8 Å². The average Bonchev–Trinajstić information content (AvgIpc) is 2.93. The van der Waals surface area contributed by atoms with Crippen LogP contribution in [0.4, 0.5) is 23.7 Å². The van der Waals surface area contributed by atoms with Gasteiger partial charge < -0.3 is 20.9 Å². The Balaban J connectivity index is 0.000000708. The van der Waals surface area contributed by atoms with Crippen molar-refractivity contribution in [1.29, 1.82) is 5.26 Å². The standard InChI is InChI=1S/C26H26N4O3.C2HF3O2/c1-2-33-26(32)30-25(31)24(15-18-6-5-7-19(14-18)16-27)29-22-12-10-20(11-13-22)23-9-4-3-8-21(23)17-28;3-2(4,5)1(6)7/h3-14,24,29H,2,15-16,27H2,1H3,(H,30,31,32);(H,6,7)/t24-;/m0./s1. The topological polar surface area (TPSA) is 155 Å². The van der Waals surface area contributed by atoms with E-state index in [0.717, 1.165) is 22.3 Å². The van der Waals surface area contributed by atoms with E-state index in [0.29, 0.717) is 24.2 Å². The number of carboxylic acid groups (broad SMARTS) is 1. The number of alkyl halides is 3. The largest absolute Gasteiger partial charge is 0.490 e. The van der Waals surface area contributed by atoms with E-state index in [1.165, 1.54) is 0 Å². The van der Waals surface area contributed by atoms with Gasteiger partial charge in [0.2, 0.25) is 0 Å². The number of alkyl carbamates (subject to hydrolysis) is 1. The number of nitrogens with two attached hydrogens (primary N) is 1. The van der Waals surface area contributed by atoms with Crippen LogP contribution in [0.3, 0.4) is 0 Å². The van der Waals surface area contributed by atoms with E-state index < -0.39 is 30.2 Å². The second kappa shape index (κ2) is 14.9. The van der Waals surface area contributed by atoms with E-state index in [4.69, 9.17) is 20.4 Å². The van der Waals surface area contributed by atoms with Gasteiger partial charge in [-0.25, -0.2) is 9.59 Å². The van der Waals surface area contributed by atoms with Gasteiger partial charge in [0.25, 0.3) is 5.91 Å². The molecule has 0 bridgehead atoms. The number of hydrogen-bond donors (Lipinski definition) is 4. The molecule has 40 heavy (non-hydrogen) atoms. The van der Waals surface area contributed by atoms with Gasteiger partial charge in [-0.2, -0.15) is 18.4 Å². The van der Waals surface area contributed by atoms with Crippen LogP contribution in [0, 0.1) is 11.3 Å². The highest BCUT2D eigenvalue weighted by atomic mass is 19.4. The number of halogens is 3. The van der Waals surface area contributed by atoms with Crippen molar-refractivity contribution >= 4 is 23.7 Å². The molecule has 210 valence electrons. The van der Waals surface area contributed by atoms with Crippen molar-refractivity contribution in [2.75, 3.05) is 11.9 Å². The Bertz CT molecular complexity index is 1360. The number of benzene rings is 3. The quantitative estimate of drug-likeness (QED) is 0.314. The smallest absolute Gasteiger partial charge is 0.475 e. The molecule has 0 saturated carbocycles. The summed E-state index contributed by atoms with van der Waals surface area (Å²) in [5, 5.41) is 22.0. The summed E-state index contributed by atoms with van der Waals surface area (Å²) in [5.74, 6) is -3.25. The first-order chi connectivity index (χ1) is 19.0. The molecule has 3 rings (SSSR count). The summed E-state index contributed by atoms with van der Waals surface area (Å²) < 4.78 is 36.6. The van der Waals surface area contributed by atoms with E-state index >= 15 is 0 Å². The van der Waals surface area contributed by atoms with Crippen LogP contribution in [0.25, 0.3) is 11.1 Å². The van der Waals surface area contributed by atoms with Crippen molar-refractivity contribution < 1.29 is 37.4 Å². The van der Waals surface area contributed by atoms with Crippen molar-refractivity contribution in [2.24, 2.45) is 5.73 Å². The first kappa shape index (κ1) is 31.3. The number of anilines is 1. The molecule has 3 aromatic rings. The van der Waals surface area contributed by atoms with Crippen LogP contribution < -0.4 is 16.4 Å². The summed E-state index contributed by atoms with van der Waals surface area (Å²) >= 11 is 0. The number of carbonyl (C=O) groups is 3. The number of nitrogens with one attached hydrogen (secondary N) is 2. The van der Waals surface area contributed by atoms with Gasteiger partial charge in [0, 0.05) is 18.7 Å². The van der Waals surface area contributed by atoms with E-state index in [1.54, 1.807) is 13.0 Å². The molecule has 9 nitrogen and oxygen atoms in total. The fourth-order valence-corrected chi connectivity index (χ4v) is 3.46. The van der Waals surface area contributed by atoms with Gasteiger partial charge in [0.15, 0.2) is 0 Å². The summed E-state index contributed by atoms with van der Waals surface area (Å²) in [5.41, 5.74) is 10.6. The first-order valence-electron chi connectivity index (χ1n) is 11.9. The Morgan fingerprint density at radius 2 is 1.65 bits per heavy atom. The van der Waals surface area contributed by atoms with Gasteiger partial charge in [-0.3, -0.25) is 10.1 Å².